The smallest absolute Gasteiger partial charge is 0.257 e. The molecule has 0 aliphatic carbocycles. The van der Waals surface area contributed by atoms with Crippen LogP contribution < -0.4 is 15.4 Å². The molecule has 0 unspecified atom stereocenters. The maximum absolute atomic E-state index is 13.6. The Hall–Kier alpha value is -2.63. The third kappa shape index (κ3) is 3.10. The van der Waals surface area contributed by atoms with E-state index in [2.05, 4.69) is 10.6 Å². The lowest BCUT2D eigenvalue weighted by atomic mass is 10.1. The Labute approximate surface area is 120 Å². The number of amides is 1. The number of carbonyl (C=O) groups is 1. The molecule has 0 spiro atoms. The van der Waals surface area contributed by atoms with E-state index in [-0.39, 0.29) is 22.7 Å². The zero-order valence-electron chi connectivity index (χ0n) is 11.5. The van der Waals surface area contributed by atoms with Gasteiger partial charge in [0.05, 0.1) is 18.4 Å². The van der Waals surface area contributed by atoms with Crippen molar-refractivity contribution in [1.29, 1.82) is 0 Å². The fourth-order valence-corrected chi connectivity index (χ4v) is 1.91. The molecular weight excluding hydrogens is 278 g/mol. The molecule has 0 heterocycles. The third-order valence-corrected chi connectivity index (χ3v) is 2.92. The van der Waals surface area contributed by atoms with E-state index in [9.17, 15) is 13.6 Å². The molecule has 2 aromatic carbocycles. The number of ether oxygens (including phenoxy) is 1. The molecule has 2 N–H and O–H groups in total. The standard InChI is InChI=1S/C15H14F2N2O2/c1-18-14-10(4-3-5-11(14)16)15(20)19-9-6-7-13(21-2)12(17)8-9/h3-8,18H,1-2H3,(H,19,20). The molecule has 0 bridgehead atoms. The summed E-state index contributed by atoms with van der Waals surface area (Å²) in [4.78, 5) is 12.1. The zero-order valence-corrected chi connectivity index (χ0v) is 11.5. The Balaban J connectivity index is 2.26. The van der Waals surface area contributed by atoms with Crippen molar-refractivity contribution in [3.63, 3.8) is 0 Å². The monoisotopic (exact) mass is 292 g/mol. The van der Waals surface area contributed by atoms with Gasteiger partial charge in [0.15, 0.2) is 11.6 Å². The number of halogens is 2. The summed E-state index contributed by atoms with van der Waals surface area (Å²) in [5, 5.41) is 5.14. The zero-order chi connectivity index (χ0) is 15.4. The van der Waals surface area contributed by atoms with Crippen molar-refractivity contribution in [2.75, 3.05) is 24.8 Å². The fraction of sp³-hybridized carbons (Fsp3) is 0.133. The van der Waals surface area contributed by atoms with E-state index in [4.69, 9.17) is 4.74 Å². The molecule has 4 nitrogen and oxygen atoms in total. The number of methoxy groups -OCH3 is 1. The van der Waals surface area contributed by atoms with Crippen LogP contribution in [0.15, 0.2) is 36.4 Å². The van der Waals surface area contributed by atoms with E-state index >= 15 is 0 Å². The Morgan fingerprint density at radius 3 is 2.52 bits per heavy atom. The minimum Gasteiger partial charge on any atom is -0.494 e. The van der Waals surface area contributed by atoms with Gasteiger partial charge in [-0.1, -0.05) is 6.07 Å². The molecule has 0 saturated carbocycles. The van der Waals surface area contributed by atoms with Crippen LogP contribution in [0.5, 0.6) is 5.75 Å². The fourth-order valence-electron chi connectivity index (χ4n) is 1.91. The summed E-state index contributed by atoms with van der Waals surface area (Å²) in [5.41, 5.74) is 0.474. The molecule has 2 aromatic rings. The highest BCUT2D eigenvalue weighted by atomic mass is 19.1. The van der Waals surface area contributed by atoms with Gasteiger partial charge in [0, 0.05) is 18.8 Å². The van der Waals surface area contributed by atoms with Gasteiger partial charge in [-0.3, -0.25) is 4.79 Å². The van der Waals surface area contributed by atoms with E-state index in [0.29, 0.717) is 0 Å². The SMILES string of the molecule is CNc1c(F)cccc1C(=O)Nc1ccc(OC)c(F)c1. The van der Waals surface area contributed by atoms with Crippen molar-refractivity contribution >= 4 is 17.3 Å². The van der Waals surface area contributed by atoms with Gasteiger partial charge >= 0.3 is 0 Å². The summed E-state index contributed by atoms with van der Waals surface area (Å²) in [5.74, 6) is -1.59. The molecule has 0 aliphatic heterocycles. The average Bonchev–Trinajstić information content (AvgIpc) is 2.47. The Kier molecular flexibility index (Phi) is 4.37. The quantitative estimate of drug-likeness (QED) is 0.909. The Morgan fingerprint density at radius 2 is 1.90 bits per heavy atom. The number of benzene rings is 2. The maximum Gasteiger partial charge on any atom is 0.257 e. The van der Waals surface area contributed by atoms with Gasteiger partial charge in [-0.15, -0.1) is 0 Å². The van der Waals surface area contributed by atoms with Gasteiger partial charge in [0.2, 0.25) is 0 Å². The highest BCUT2D eigenvalue weighted by Gasteiger charge is 2.15. The molecule has 21 heavy (non-hydrogen) atoms. The van der Waals surface area contributed by atoms with Gasteiger partial charge in [-0.05, 0) is 24.3 Å². The summed E-state index contributed by atoms with van der Waals surface area (Å²) in [6.07, 6.45) is 0. The molecule has 0 aliphatic rings. The van der Waals surface area contributed by atoms with Gasteiger partial charge in [-0.25, -0.2) is 8.78 Å². The van der Waals surface area contributed by atoms with Crippen molar-refractivity contribution in [3.8, 4) is 5.75 Å². The number of hydrogen-bond donors (Lipinski definition) is 2. The summed E-state index contributed by atoms with van der Waals surface area (Å²) in [6.45, 7) is 0. The highest BCUT2D eigenvalue weighted by Crippen LogP contribution is 2.23. The molecule has 1 amide bonds. The second-order valence-corrected chi connectivity index (χ2v) is 4.22. The van der Waals surface area contributed by atoms with E-state index in [1.807, 2.05) is 0 Å². The summed E-state index contributed by atoms with van der Waals surface area (Å²) in [6, 6.07) is 8.18. The number of rotatable bonds is 4. The Morgan fingerprint density at radius 1 is 1.14 bits per heavy atom. The van der Waals surface area contributed by atoms with Crippen LogP contribution in [0.3, 0.4) is 0 Å². The predicted molar refractivity (Wildman–Crippen MR) is 76.9 cm³/mol. The van der Waals surface area contributed by atoms with Crippen molar-refractivity contribution in [3.05, 3.63) is 53.6 Å². The molecule has 0 saturated heterocycles. The third-order valence-electron chi connectivity index (χ3n) is 2.92. The van der Waals surface area contributed by atoms with Crippen molar-refractivity contribution < 1.29 is 18.3 Å². The van der Waals surface area contributed by atoms with Crippen LogP contribution in [0.4, 0.5) is 20.2 Å². The molecular formula is C15H14F2N2O2. The first kappa shape index (κ1) is 14.8. The molecule has 0 fully saturated rings. The van der Waals surface area contributed by atoms with Gasteiger partial charge < -0.3 is 15.4 Å². The second kappa shape index (κ2) is 6.21. The number of para-hydroxylation sites is 1. The molecule has 2 rings (SSSR count). The Bertz CT molecular complexity index is 675. The molecule has 0 radical (unpaired) electrons. The topological polar surface area (TPSA) is 50.4 Å². The summed E-state index contributed by atoms with van der Waals surface area (Å²) >= 11 is 0. The molecule has 0 aromatic heterocycles. The minimum absolute atomic E-state index is 0.0784. The predicted octanol–water partition coefficient (Wildman–Crippen LogP) is 3.27. The maximum atomic E-state index is 13.6. The number of carbonyl (C=O) groups excluding carboxylic acids is 1. The number of hydrogen-bond acceptors (Lipinski definition) is 3. The van der Waals surface area contributed by atoms with Crippen LogP contribution >= 0.6 is 0 Å². The van der Waals surface area contributed by atoms with Crippen molar-refractivity contribution in [2.24, 2.45) is 0 Å². The van der Waals surface area contributed by atoms with Gasteiger partial charge in [0.1, 0.15) is 5.82 Å². The van der Waals surface area contributed by atoms with E-state index in [1.165, 1.54) is 44.5 Å². The van der Waals surface area contributed by atoms with Crippen molar-refractivity contribution in [2.45, 2.75) is 0 Å². The lowest BCUT2D eigenvalue weighted by Crippen LogP contribution is -2.15. The van der Waals surface area contributed by atoms with Crippen LogP contribution in [0.25, 0.3) is 0 Å². The molecule has 6 heteroatoms. The first-order valence-electron chi connectivity index (χ1n) is 6.18. The van der Waals surface area contributed by atoms with Crippen molar-refractivity contribution in [1.82, 2.24) is 0 Å². The van der Waals surface area contributed by atoms with E-state index in [1.54, 1.807) is 0 Å². The molecule has 0 atom stereocenters. The van der Waals surface area contributed by atoms with Crippen LogP contribution in [-0.2, 0) is 0 Å². The lowest BCUT2D eigenvalue weighted by Gasteiger charge is -2.11. The van der Waals surface area contributed by atoms with Crippen LogP contribution in [0.1, 0.15) is 10.4 Å². The summed E-state index contributed by atoms with van der Waals surface area (Å²) < 4.78 is 32.0. The second-order valence-electron chi connectivity index (χ2n) is 4.22. The van der Waals surface area contributed by atoms with E-state index < -0.39 is 17.5 Å². The van der Waals surface area contributed by atoms with E-state index in [0.717, 1.165) is 6.07 Å². The van der Waals surface area contributed by atoms with Crippen LogP contribution in [0.2, 0.25) is 0 Å². The highest BCUT2D eigenvalue weighted by molar-refractivity contribution is 6.08. The lowest BCUT2D eigenvalue weighted by molar-refractivity contribution is 0.102. The van der Waals surface area contributed by atoms with Crippen LogP contribution in [0, 0.1) is 11.6 Å². The van der Waals surface area contributed by atoms with Gasteiger partial charge in [-0.2, -0.15) is 0 Å². The van der Waals surface area contributed by atoms with Gasteiger partial charge in [0.25, 0.3) is 5.91 Å². The normalized spacial score (nSPS) is 10.1. The first-order chi connectivity index (χ1) is 10.1. The first-order valence-corrected chi connectivity index (χ1v) is 6.18. The number of anilines is 2. The largest absolute Gasteiger partial charge is 0.494 e. The minimum atomic E-state index is -0.594. The molecule has 110 valence electrons. The summed E-state index contributed by atoms with van der Waals surface area (Å²) in [7, 11) is 2.87. The number of nitrogens with one attached hydrogen (secondary N) is 2. The van der Waals surface area contributed by atoms with Crippen LogP contribution in [-0.4, -0.2) is 20.1 Å². The average molecular weight is 292 g/mol.